The second-order valence-electron chi connectivity index (χ2n) is 5.71. The predicted molar refractivity (Wildman–Crippen MR) is 93.5 cm³/mol. The van der Waals surface area contributed by atoms with E-state index in [1.165, 1.54) is 12.1 Å². The molecule has 0 radical (unpaired) electrons. The fourth-order valence-corrected chi connectivity index (χ4v) is 2.86. The van der Waals surface area contributed by atoms with Crippen molar-refractivity contribution >= 4 is 10.9 Å². The third-order valence-corrected chi connectivity index (χ3v) is 4.32. The van der Waals surface area contributed by atoms with Gasteiger partial charge in [-0.2, -0.15) is 0 Å². The zero-order chi connectivity index (χ0) is 17.1. The van der Waals surface area contributed by atoms with E-state index < -0.39 is 0 Å². The van der Waals surface area contributed by atoms with Crippen LogP contribution in [0, 0.1) is 5.82 Å². The molecule has 5 nitrogen and oxygen atoms in total. The first-order valence-corrected chi connectivity index (χ1v) is 8.18. The van der Waals surface area contributed by atoms with Crippen molar-refractivity contribution in [2.24, 2.45) is 0 Å². The Kier molecular flexibility index (Phi) is 4.76. The quantitative estimate of drug-likeness (QED) is 0.757. The largest absolute Gasteiger partial charge is 0.330 e. The summed E-state index contributed by atoms with van der Waals surface area (Å²) in [7, 11) is 0. The smallest absolute Gasteiger partial charge is 0.259 e. The first-order valence-electron chi connectivity index (χ1n) is 8.18. The number of nitrogens with zero attached hydrogens (tertiary/aromatic N) is 3. The highest BCUT2D eigenvalue weighted by atomic mass is 19.1. The third kappa shape index (κ3) is 3.23. The molecule has 0 spiro atoms. The minimum Gasteiger partial charge on any atom is -0.330 e. The Morgan fingerprint density at radius 2 is 2.04 bits per heavy atom. The highest BCUT2D eigenvalue weighted by Crippen LogP contribution is 2.19. The standard InChI is InChI=1S/C18H21FN4O/c1-3-22(4-2)9-10-23-8-7-20-17(23)15-11-13-5-6-14(19)12-16(13)21-18(15)24/h5-8,11-12H,3-4,9-10H2,1-2H3,(H,21,24). The van der Waals surface area contributed by atoms with Crippen LogP contribution in [0.4, 0.5) is 4.39 Å². The molecule has 0 aliphatic rings. The van der Waals surface area contributed by atoms with Gasteiger partial charge in [0.15, 0.2) is 0 Å². The molecule has 3 aromatic rings. The van der Waals surface area contributed by atoms with Crippen LogP contribution in [0.2, 0.25) is 0 Å². The Morgan fingerprint density at radius 3 is 2.79 bits per heavy atom. The van der Waals surface area contributed by atoms with Gasteiger partial charge in [-0.1, -0.05) is 13.8 Å². The van der Waals surface area contributed by atoms with Gasteiger partial charge in [-0.25, -0.2) is 9.37 Å². The highest BCUT2D eigenvalue weighted by Gasteiger charge is 2.12. The van der Waals surface area contributed by atoms with E-state index in [9.17, 15) is 9.18 Å². The summed E-state index contributed by atoms with van der Waals surface area (Å²) in [6.45, 7) is 7.90. The van der Waals surface area contributed by atoms with Crippen molar-refractivity contribution in [2.45, 2.75) is 20.4 Å². The molecular formula is C18H21FN4O. The van der Waals surface area contributed by atoms with Gasteiger partial charge in [-0.3, -0.25) is 4.79 Å². The van der Waals surface area contributed by atoms with E-state index in [1.807, 2.05) is 10.8 Å². The number of halogens is 1. The number of imidazole rings is 1. The fourth-order valence-electron chi connectivity index (χ4n) is 2.86. The van der Waals surface area contributed by atoms with E-state index in [0.29, 0.717) is 16.9 Å². The summed E-state index contributed by atoms with van der Waals surface area (Å²) in [5.74, 6) is 0.265. The van der Waals surface area contributed by atoms with Gasteiger partial charge in [-0.05, 0) is 42.7 Å². The number of nitrogens with one attached hydrogen (secondary N) is 1. The summed E-state index contributed by atoms with van der Waals surface area (Å²) in [6, 6.07) is 6.14. The number of pyridine rings is 1. The monoisotopic (exact) mass is 328 g/mol. The minimum atomic E-state index is -0.369. The van der Waals surface area contributed by atoms with E-state index in [-0.39, 0.29) is 11.4 Å². The topological polar surface area (TPSA) is 53.9 Å². The average molecular weight is 328 g/mol. The summed E-state index contributed by atoms with van der Waals surface area (Å²) in [6.07, 6.45) is 3.58. The maximum Gasteiger partial charge on any atom is 0.259 e. The molecule has 0 aliphatic heterocycles. The van der Waals surface area contributed by atoms with Crippen LogP contribution in [0.3, 0.4) is 0 Å². The second-order valence-corrected chi connectivity index (χ2v) is 5.71. The summed E-state index contributed by atoms with van der Waals surface area (Å²) < 4.78 is 15.3. The number of aromatic nitrogens is 3. The van der Waals surface area contributed by atoms with Gasteiger partial charge in [0.2, 0.25) is 0 Å². The molecule has 0 aliphatic carbocycles. The van der Waals surface area contributed by atoms with Crippen LogP contribution in [-0.2, 0) is 6.54 Å². The number of fused-ring (bicyclic) bond motifs is 1. The van der Waals surface area contributed by atoms with Gasteiger partial charge in [0.1, 0.15) is 11.6 Å². The molecule has 0 atom stereocenters. The summed E-state index contributed by atoms with van der Waals surface area (Å²) in [5.41, 5.74) is 0.729. The van der Waals surface area contributed by atoms with Gasteiger partial charge in [-0.15, -0.1) is 0 Å². The number of hydrogen-bond acceptors (Lipinski definition) is 3. The molecule has 3 rings (SSSR count). The summed E-state index contributed by atoms with van der Waals surface area (Å²) in [4.78, 5) is 21.8. The van der Waals surface area contributed by atoms with Crippen molar-refractivity contribution in [1.29, 1.82) is 0 Å². The Bertz CT molecular complexity index is 895. The summed E-state index contributed by atoms with van der Waals surface area (Å²) in [5, 5.41) is 0.782. The molecule has 2 aromatic heterocycles. The Labute approximate surface area is 139 Å². The molecule has 0 unspecified atom stereocenters. The van der Waals surface area contributed by atoms with Gasteiger partial charge >= 0.3 is 0 Å². The lowest BCUT2D eigenvalue weighted by atomic mass is 10.1. The second kappa shape index (κ2) is 6.97. The number of H-pyrrole nitrogens is 1. The zero-order valence-electron chi connectivity index (χ0n) is 13.9. The van der Waals surface area contributed by atoms with Gasteiger partial charge in [0.05, 0.1) is 11.1 Å². The van der Waals surface area contributed by atoms with Crippen LogP contribution < -0.4 is 5.56 Å². The van der Waals surface area contributed by atoms with E-state index in [4.69, 9.17) is 0 Å². The van der Waals surface area contributed by atoms with Crippen molar-refractivity contribution in [2.75, 3.05) is 19.6 Å². The van der Waals surface area contributed by atoms with E-state index in [0.717, 1.165) is 31.6 Å². The van der Waals surface area contributed by atoms with Crippen LogP contribution in [0.25, 0.3) is 22.3 Å². The van der Waals surface area contributed by atoms with E-state index in [2.05, 4.69) is 28.7 Å². The van der Waals surface area contributed by atoms with Crippen molar-refractivity contribution < 1.29 is 4.39 Å². The van der Waals surface area contributed by atoms with Gasteiger partial charge in [0.25, 0.3) is 5.56 Å². The van der Waals surface area contributed by atoms with Crippen LogP contribution in [0.1, 0.15) is 13.8 Å². The molecule has 6 heteroatoms. The SMILES string of the molecule is CCN(CC)CCn1ccnc1-c1cc2ccc(F)cc2[nH]c1=O. The molecule has 126 valence electrons. The molecule has 1 aromatic carbocycles. The van der Waals surface area contributed by atoms with Crippen LogP contribution >= 0.6 is 0 Å². The zero-order valence-corrected chi connectivity index (χ0v) is 13.9. The first kappa shape index (κ1) is 16.4. The number of likely N-dealkylation sites (N-methyl/N-ethyl adjacent to an activating group) is 1. The lowest BCUT2D eigenvalue weighted by Crippen LogP contribution is -2.27. The third-order valence-electron chi connectivity index (χ3n) is 4.32. The predicted octanol–water partition coefficient (Wildman–Crippen LogP) is 2.87. The van der Waals surface area contributed by atoms with Crippen LogP contribution in [-0.4, -0.2) is 39.1 Å². The number of hydrogen-bond donors (Lipinski definition) is 1. The molecule has 1 N–H and O–H groups in total. The first-order chi connectivity index (χ1) is 11.6. The van der Waals surface area contributed by atoms with Crippen LogP contribution in [0.15, 0.2) is 41.5 Å². The maximum atomic E-state index is 13.3. The molecule has 0 saturated heterocycles. The Morgan fingerprint density at radius 1 is 1.25 bits per heavy atom. The van der Waals surface area contributed by atoms with Gasteiger partial charge < -0.3 is 14.5 Å². The van der Waals surface area contributed by atoms with Crippen molar-refractivity contribution in [3.63, 3.8) is 0 Å². The number of benzene rings is 1. The van der Waals surface area contributed by atoms with Gasteiger partial charge in [0, 0.05) is 25.5 Å². The lowest BCUT2D eigenvalue weighted by molar-refractivity contribution is 0.291. The molecule has 2 heterocycles. The molecule has 0 saturated carbocycles. The normalized spacial score (nSPS) is 11.5. The fraction of sp³-hybridized carbons (Fsp3) is 0.333. The van der Waals surface area contributed by atoms with Crippen molar-refractivity contribution in [3.05, 3.63) is 52.8 Å². The maximum absolute atomic E-state index is 13.3. The summed E-state index contributed by atoms with van der Waals surface area (Å²) >= 11 is 0. The molecular weight excluding hydrogens is 307 g/mol. The Balaban J connectivity index is 1.96. The molecule has 0 fully saturated rings. The number of rotatable bonds is 6. The molecule has 0 amide bonds. The lowest BCUT2D eigenvalue weighted by Gasteiger charge is -2.18. The van der Waals surface area contributed by atoms with Crippen LogP contribution in [0.5, 0.6) is 0 Å². The molecule has 0 bridgehead atoms. The van der Waals surface area contributed by atoms with E-state index in [1.54, 1.807) is 18.3 Å². The molecule has 24 heavy (non-hydrogen) atoms. The average Bonchev–Trinajstić information content (AvgIpc) is 3.03. The highest BCUT2D eigenvalue weighted by molar-refractivity contribution is 5.82. The van der Waals surface area contributed by atoms with E-state index >= 15 is 0 Å². The Hall–Kier alpha value is -2.47. The number of aromatic amines is 1. The minimum absolute atomic E-state index is 0.261. The van der Waals surface area contributed by atoms with Crippen molar-refractivity contribution in [3.8, 4) is 11.4 Å². The van der Waals surface area contributed by atoms with Crippen molar-refractivity contribution in [1.82, 2.24) is 19.4 Å².